The van der Waals surface area contributed by atoms with Crippen molar-refractivity contribution in [2.24, 2.45) is 4.99 Å². The molecule has 0 amide bonds. The molecule has 2 N–H and O–H groups in total. The standard InChI is InChI=1S/C17H31N5S.HI/c1-12(2)15-11-23-16(21-15)10-20-17(18-5)19-8-9-22(13(3)4)14-6-7-14;/h11-14H,6-10H2,1-5H3,(H2,18,19,20);1H. The molecule has 1 aliphatic rings. The molecule has 1 fully saturated rings. The van der Waals surface area contributed by atoms with Crippen molar-refractivity contribution in [3.8, 4) is 0 Å². The van der Waals surface area contributed by atoms with Crippen LogP contribution in [0, 0.1) is 0 Å². The van der Waals surface area contributed by atoms with Gasteiger partial charge in [-0.25, -0.2) is 4.98 Å². The first-order valence-corrected chi connectivity index (χ1v) is 9.53. The summed E-state index contributed by atoms with van der Waals surface area (Å²) in [6.07, 6.45) is 2.71. The maximum atomic E-state index is 4.64. The zero-order chi connectivity index (χ0) is 16.8. The van der Waals surface area contributed by atoms with Crippen LogP contribution in [0.5, 0.6) is 0 Å². The Bertz CT molecular complexity index is 509. The molecule has 24 heavy (non-hydrogen) atoms. The highest BCUT2D eigenvalue weighted by Gasteiger charge is 2.30. The predicted octanol–water partition coefficient (Wildman–Crippen LogP) is 3.42. The van der Waals surface area contributed by atoms with E-state index in [0.717, 1.165) is 36.6 Å². The van der Waals surface area contributed by atoms with Crippen LogP contribution in [0.2, 0.25) is 0 Å². The molecule has 1 aliphatic carbocycles. The molecule has 0 aromatic carbocycles. The van der Waals surface area contributed by atoms with Gasteiger partial charge in [-0.15, -0.1) is 35.3 Å². The minimum Gasteiger partial charge on any atom is -0.355 e. The van der Waals surface area contributed by atoms with Gasteiger partial charge in [-0.3, -0.25) is 9.89 Å². The molecule has 1 aromatic rings. The summed E-state index contributed by atoms with van der Waals surface area (Å²) in [6.45, 7) is 11.6. The summed E-state index contributed by atoms with van der Waals surface area (Å²) in [4.78, 5) is 11.5. The molecule has 0 unspecified atom stereocenters. The van der Waals surface area contributed by atoms with Crippen LogP contribution >= 0.6 is 35.3 Å². The highest BCUT2D eigenvalue weighted by molar-refractivity contribution is 14.0. The second-order valence-electron chi connectivity index (χ2n) is 6.74. The molecule has 0 atom stereocenters. The van der Waals surface area contributed by atoms with Crippen molar-refractivity contribution in [3.05, 3.63) is 16.1 Å². The van der Waals surface area contributed by atoms with Crippen LogP contribution in [0.25, 0.3) is 0 Å². The maximum Gasteiger partial charge on any atom is 0.191 e. The van der Waals surface area contributed by atoms with Crippen molar-refractivity contribution in [2.75, 3.05) is 20.1 Å². The Hall–Kier alpha value is -0.410. The van der Waals surface area contributed by atoms with E-state index in [2.05, 4.69) is 58.6 Å². The van der Waals surface area contributed by atoms with Gasteiger partial charge in [0.1, 0.15) is 5.01 Å². The molecule has 1 saturated carbocycles. The summed E-state index contributed by atoms with van der Waals surface area (Å²) in [7, 11) is 1.82. The van der Waals surface area contributed by atoms with Crippen molar-refractivity contribution in [1.29, 1.82) is 0 Å². The molecule has 2 rings (SSSR count). The molecule has 0 spiro atoms. The van der Waals surface area contributed by atoms with Crippen molar-refractivity contribution >= 4 is 41.3 Å². The fourth-order valence-corrected chi connectivity index (χ4v) is 3.52. The topological polar surface area (TPSA) is 52.6 Å². The normalized spacial score (nSPS) is 15.1. The molecular formula is C17H32IN5S. The average molecular weight is 465 g/mol. The van der Waals surface area contributed by atoms with Crippen molar-refractivity contribution < 1.29 is 0 Å². The second-order valence-corrected chi connectivity index (χ2v) is 7.68. The number of aliphatic imine (C=N–C) groups is 1. The lowest BCUT2D eigenvalue weighted by molar-refractivity contribution is 0.215. The van der Waals surface area contributed by atoms with Gasteiger partial charge in [0.25, 0.3) is 0 Å². The number of hydrogen-bond acceptors (Lipinski definition) is 4. The van der Waals surface area contributed by atoms with Gasteiger partial charge in [-0.05, 0) is 32.6 Å². The van der Waals surface area contributed by atoms with Gasteiger partial charge in [0.15, 0.2) is 5.96 Å². The number of rotatable bonds is 8. The van der Waals surface area contributed by atoms with Gasteiger partial charge in [0.2, 0.25) is 0 Å². The average Bonchev–Trinajstić information content (AvgIpc) is 3.22. The number of guanidine groups is 1. The zero-order valence-electron chi connectivity index (χ0n) is 15.5. The highest BCUT2D eigenvalue weighted by Crippen LogP contribution is 2.27. The predicted molar refractivity (Wildman–Crippen MR) is 115 cm³/mol. The Morgan fingerprint density at radius 3 is 2.54 bits per heavy atom. The van der Waals surface area contributed by atoms with E-state index in [0.29, 0.717) is 12.0 Å². The van der Waals surface area contributed by atoms with Crippen molar-refractivity contribution in [3.63, 3.8) is 0 Å². The van der Waals surface area contributed by atoms with Gasteiger partial charge in [-0.2, -0.15) is 0 Å². The largest absolute Gasteiger partial charge is 0.355 e. The minimum absolute atomic E-state index is 0. The Morgan fingerprint density at radius 1 is 1.33 bits per heavy atom. The van der Waals surface area contributed by atoms with Gasteiger partial charge in [0.05, 0.1) is 12.2 Å². The minimum atomic E-state index is 0. The third kappa shape index (κ3) is 6.84. The van der Waals surface area contributed by atoms with Crippen molar-refractivity contribution in [2.45, 2.75) is 65.1 Å². The van der Waals surface area contributed by atoms with Crippen LogP contribution in [0.3, 0.4) is 0 Å². The molecule has 0 aliphatic heterocycles. The van der Waals surface area contributed by atoms with Crippen LogP contribution in [-0.2, 0) is 6.54 Å². The molecule has 1 aromatic heterocycles. The maximum absolute atomic E-state index is 4.64. The smallest absolute Gasteiger partial charge is 0.191 e. The van der Waals surface area contributed by atoms with E-state index in [1.807, 2.05) is 7.05 Å². The molecule has 7 heteroatoms. The summed E-state index contributed by atoms with van der Waals surface area (Å²) in [5, 5.41) is 10.0. The Kier molecular flexibility index (Phi) is 9.51. The molecule has 138 valence electrons. The fourth-order valence-electron chi connectivity index (χ4n) is 2.62. The van der Waals surface area contributed by atoms with Gasteiger partial charge in [-0.1, -0.05) is 13.8 Å². The molecular weight excluding hydrogens is 433 g/mol. The van der Waals surface area contributed by atoms with Crippen LogP contribution in [-0.4, -0.2) is 48.1 Å². The van der Waals surface area contributed by atoms with E-state index in [9.17, 15) is 0 Å². The van der Waals surface area contributed by atoms with Crippen molar-refractivity contribution in [1.82, 2.24) is 20.5 Å². The highest BCUT2D eigenvalue weighted by atomic mass is 127. The van der Waals surface area contributed by atoms with E-state index < -0.39 is 0 Å². The molecule has 0 radical (unpaired) electrons. The number of aromatic nitrogens is 1. The first-order chi connectivity index (χ1) is 11.0. The molecule has 1 heterocycles. The van der Waals surface area contributed by atoms with E-state index in [-0.39, 0.29) is 24.0 Å². The van der Waals surface area contributed by atoms with Gasteiger partial charge in [0, 0.05) is 37.6 Å². The lowest BCUT2D eigenvalue weighted by Gasteiger charge is -2.26. The summed E-state index contributed by atoms with van der Waals surface area (Å²) in [6, 6.07) is 1.42. The van der Waals surface area contributed by atoms with Crippen LogP contribution < -0.4 is 10.6 Å². The number of nitrogens with one attached hydrogen (secondary N) is 2. The van der Waals surface area contributed by atoms with Crippen LogP contribution in [0.15, 0.2) is 10.4 Å². The number of halogens is 1. The lowest BCUT2D eigenvalue weighted by Crippen LogP contribution is -2.43. The van der Waals surface area contributed by atoms with E-state index in [1.54, 1.807) is 11.3 Å². The molecule has 5 nitrogen and oxygen atoms in total. The summed E-state index contributed by atoms with van der Waals surface area (Å²) >= 11 is 1.71. The summed E-state index contributed by atoms with van der Waals surface area (Å²) in [5.41, 5.74) is 1.17. The fraction of sp³-hybridized carbons (Fsp3) is 0.765. The molecule has 0 saturated heterocycles. The summed E-state index contributed by atoms with van der Waals surface area (Å²) in [5.74, 6) is 1.34. The Morgan fingerprint density at radius 2 is 2.04 bits per heavy atom. The number of nitrogens with zero attached hydrogens (tertiary/aromatic N) is 3. The molecule has 0 bridgehead atoms. The van der Waals surface area contributed by atoms with E-state index in [4.69, 9.17) is 0 Å². The second kappa shape index (κ2) is 10.6. The third-order valence-electron chi connectivity index (χ3n) is 4.13. The summed E-state index contributed by atoms with van der Waals surface area (Å²) < 4.78 is 0. The SMILES string of the molecule is CN=C(NCCN(C(C)C)C1CC1)NCc1nc(C(C)C)cs1.I. The first-order valence-electron chi connectivity index (χ1n) is 8.65. The van der Waals surface area contributed by atoms with Gasteiger partial charge < -0.3 is 10.6 Å². The number of thiazole rings is 1. The quantitative estimate of drug-likeness (QED) is 0.351. The van der Waals surface area contributed by atoms with E-state index >= 15 is 0 Å². The first kappa shape index (κ1) is 21.6. The monoisotopic (exact) mass is 465 g/mol. The number of hydrogen-bond donors (Lipinski definition) is 2. The van der Waals surface area contributed by atoms with Crippen LogP contribution in [0.1, 0.15) is 57.2 Å². The lowest BCUT2D eigenvalue weighted by atomic mass is 10.2. The van der Waals surface area contributed by atoms with Gasteiger partial charge >= 0.3 is 0 Å². The van der Waals surface area contributed by atoms with E-state index in [1.165, 1.54) is 18.5 Å². The van der Waals surface area contributed by atoms with Crippen LogP contribution in [0.4, 0.5) is 0 Å². The zero-order valence-corrected chi connectivity index (χ0v) is 18.6. The third-order valence-corrected chi connectivity index (χ3v) is 5.00. The Balaban J connectivity index is 0.00000288. The Labute approximate surface area is 167 Å².